The second kappa shape index (κ2) is 1.96. The minimum Gasteiger partial charge on any atom is -0.373 e. The average molecular weight is 128 g/mol. The number of ether oxygens (including phenoxy) is 2. The van der Waals surface area contributed by atoms with Crippen molar-refractivity contribution in [1.82, 2.24) is 0 Å². The van der Waals surface area contributed by atoms with Gasteiger partial charge in [0.15, 0.2) is 0 Å². The molecule has 1 aliphatic heterocycles. The molecule has 1 aliphatic carbocycles. The topological polar surface area (TPSA) is 21.8 Å². The van der Waals surface area contributed by atoms with Crippen LogP contribution in [0.5, 0.6) is 0 Å². The maximum absolute atomic E-state index is 5.43. The number of rotatable bonds is 4. The zero-order valence-corrected chi connectivity index (χ0v) is 5.67. The molecular weight excluding hydrogens is 116 g/mol. The zero-order chi connectivity index (χ0) is 6.27. The van der Waals surface area contributed by atoms with E-state index in [9.17, 15) is 0 Å². The quantitative estimate of drug-likeness (QED) is 0.415. The first kappa shape index (κ1) is 5.69. The Hall–Kier alpha value is -0.0800. The standard InChI is InChI=1S/C7H12O2/c1-2-3-4-8-5-6-7(5)9-6/h5-7H,2-4H2,1H3. The van der Waals surface area contributed by atoms with Gasteiger partial charge in [-0.25, -0.2) is 0 Å². The number of fused-ring (bicyclic) bond motifs is 1. The first-order valence-corrected chi connectivity index (χ1v) is 3.70. The van der Waals surface area contributed by atoms with Crippen LogP contribution in [0.3, 0.4) is 0 Å². The third-order valence-electron chi connectivity index (χ3n) is 1.88. The summed E-state index contributed by atoms with van der Waals surface area (Å²) in [6, 6.07) is 0. The molecule has 2 nitrogen and oxygen atoms in total. The fourth-order valence-electron chi connectivity index (χ4n) is 0.987. The lowest BCUT2D eigenvalue weighted by Gasteiger charge is -2.03. The number of hydrogen-bond donors (Lipinski definition) is 0. The molecule has 0 bridgehead atoms. The van der Waals surface area contributed by atoms with Gasteiger partial charge < -0.3 is 9.47 Å². The molecule has 2 heteroatoms. The van der Waals surface area contributed by atoms with E-state index >= 15 is 0 Å². The van der Waals surface area contributed by atoms with Crippen molar-refractivity contribution in [3.8, 4) is 0 Å². The van der Waals surface area contributed by atoms with Crippen molar-refractivity contribution >= 4 is 0 Å². The number of epoxide rings is 1. The smallest absolute Gasteiger partial charge is 0.116 e. The van der Waals surface area contributed by atoms with E-state index in [0.717, 1.165) is 6.61 Å². The Morgan fingerprint density at radius 1 is 1.44 bits per heavy atom. The van der Waals surface area contributed by atoms with Gasteiger partial charge in [-0.05, 0) is 6.42 Å². The SMILES string of the molecule is CCCCOC1C2OC12. The molecule has 0 amide bonds. The largest absolute Gasteiger partial charge is 0.373 e. The highest BCUT2D eigenvalue weighted by Crippen LogP contribution is 2.49. The van der Waals surface area contributed by atoms with Crippen LogP contribution in [0.2, 0.25) is 0 Å². The van der Waals surface area contributed by atoms with Gasteiger partial charge in [-0.15, -0.1) is 0 Å². The average Bonchev–Trinajstić information content (AvgIpc) is 2.64. The van der Waals surface area contributed by atoms with Crippen molar-refractivity contribution in [1.29, 1.82) is 0 Å². The van der Waals surface area contributed by atoms with Crippen LogP contribution in [0.4, 0.5) is 0 Å². The lowest BCUT2D eigenvalue weighted by atomic mass is 10.4. The van der Waals surface area contributed by atoms with E-state index < -0.39 is 0 Å². The van der Waals surface area contributed by atoms with Crippen molar-refractivity contribution < 1.29 is 9.47 Å². The van der Waals surface area contributed by atoms with E-state index in [1.807, 2.05) is 0 Å². The van der Waals surface area contributed by atoms with Crippen molar-refractivity contribution in [2.24, 2.45) is 0 Å². The van der Waals surface area contributed by atoms with Gasteiger partial charge in [0.25, 0.3) is 0 Å². The molecule has 2 atom stereocenters. The summed E-state index contributed by atoms with van der Waals surface area (Å²) in [5.41, 5.74) is 0. The molecule has 2 rings (SSSR count). The second-order valence-electron chi connectivity index (χ2n) is 2.75. The van der Waals surface area contributed by atoms with Gasteiger partial charge in [-0.2, -0.15) is 0 Å². The monoisotopic (exact) mass is 128 g/mol. The fourth-order valence-corrected chi connectivity index (χ4v) is 0.987. The summed E-state index contributed by atoms with van der Waals surface area (Å²) in [6.45, 7) is 3.10. The fraction of sp³-hybridized carbons (Fsp3) is 1.00. The van der Waals surface area contributed by atoms with Gasteiger partial charge in [-0.1, -0.05) is 13.3 Å². The predicted octanol–water partition coefficient (Wildman–Crippen LogP) is 0.953. The van der Waals surface area contributed by atoms with E-state index in [0.29, 0.717) is 18.3 Å². The molecule has 0 aromatic heterocycles. The highest BCUT2D eigenvalue weighted by molar-refractivity contribution is 5.16. The lowest BCUT2D eigenvalue weighted by Crippen LogP contribution is -2.08. The van der Waals surface area contributed by atoms with E-state index in [-0.39, 0.29) is 0 Å². The van der Waals surface area contributed by atoms with Crippen LogP contribution in [-0.2, 0) is 9.47 Å². The van der Waals surface area contributed by atoms with Gasteiger partial charge in [0, 0.05) is 6.61 Å². The van der Waals surface area contributed by atoms with Crippen LogP contribution in [0.1, 0.15) is 19.8 Å². The normalized spacial score (nSPS) is 44.3. The van der Waals surface area contributed by atoms with Crippen molar-refractivity contribution in [3.05, 3.63) is 0 Å². The van der Waals surface area contributed by atoms with Gasteiger partial charge in [-0.3, -0.25) is 0 Å². The molecule has 1 saturated heterocycles. The Labute approximate surface area is 55.1 Å². The van der Waals surface area contributed by atoms with Crippen molar-refractivity contribution in [2.45, 2.75) is 38.1 Å². The molecule has 1 heterocycles. The molecule has 0 aromatic rings. The summed E-state index contributed by atoms with van der Waals surface area (Å²) in [5, 5.41) is 0. The zero-order valence-electron chi connectivity index (χ0n) is 5.67. The summed E-state index contributed by atoms with van der Waals surface area (Å²) >= 11 is 0. The molecule has 2 unspecified atom stereocenters. The van der Waals surface area contributed by atoms with Crippen LogP contribution < -0.4 is 0 Å². The van der Waals surface area contributed by atoms with Crippen LogP contribution in [0.25, 0.3) is 0 Å². The first-order valence-electron chi connectivity index (χ1n) is 3.70. The Balaban J connectivity index is 1.49. The number of unbranched alkanes of at least 4 members (excludes halogenated alkanes) is 1. The molecule has 1 saturated carbocycles. The maximum Gasteiger partial charge on any atom is 0.116 e. The molecule has 2 fully saturated rings. The van der Waals surface area contributed by atoms with E-state index in [2.05, 4.69) is 6.92 Å². The second-order valence-corrected chi connectivity index (χ2v) is 2.75. The minimum atomic E-state index is 0.497. The third-order valence-corrected chi connectivity index (χ3v) is 1.88. The van der Waals surface area contributed by atoms with Crippen LogP contribution in [0, 0.1) is 0 Å². The Morgan fingerprint density at radius 2 is 2.22 bits per heavy atom. The Bertz CT molecular complexity index is 105. The Morgan fingerprint density at radius 3 is 2.67 bits per heavy atom. The molecular formula is C7H12O2. The van der Waals surface area contributed by atoms with Crippen LogP contribution >= 0.6 is 0 Å². The Kier molecular flexibility index (Phi) is 1.24. The molecule has 2 aliphatic rings. The summed E-state index contributed by atoms with van der Waals surface area (Å²) in [5.74, 6) is 0. The van der Waals surface area contributed by atoms with Crippen LogP contribution in [0.15, 0.2) is 0 Å². The molecule has 9 heavy (non-hydrogen) atoms. The number of hydrogen-bond acceptors (Lipinski definition) is 2. The summed E-state index contributed by atoms with van der Waals surface area (Å²) < 4.78 is 10.5. The summed E-state index contributed by atoms with van der Waals surface area (Å²) in [7, 11) is 0. The molecule has 52 valence electrons. The summed E-state index contributed by atoms with van der Waals surface area (Å²) in [6.07, 6.45) is 3.94. The summed E-state index contributed by atoms with van der Waals surface area (Å²) in [4.78, 5) is 0. The maximum atomic E-state index is 5.43. The molecule has 0 aromatic carbocycles. The third kappa shape index (κ3) is 0.970. The van der Waals surface area contributed by atoms with Crippen molar-refractivity contribution in [2.75, 3.05) is 6.61 Å². The lowest BCUT2D eigenvalue weighted by molar-refractivity contribution is 0.0207. The van der Waals surface area contributed by atoms with E-state index in [4.69, 9.17) is 9.47 Å². The molecule has 0 spiro atoms. The van der Waals surface area contributed by atoms with E-state index in [1.54, 1.807) is 0 Å². The van der Waals surface area contributed by atoms with Gasteiger partial charge >= 0.3 is 0 Å². The first-order chi connectivity index (χ1) is 4.43. The van der Waals surface area contributed by atoms with Gasteiger partial charge in [0.1, 0.15) is 18.3 Å². The van der Waals surface area contributed by atoms with Crippen molar-refractivity contribution in [3.63, 3.8) is 0 Å². The van der Waals surface area contributed by atoms with Gasteiger partial charge in [0.05, 0.1) is 0 Å². The minimum absolute atomic E-state index is 0.497. The van der Waals surface area contributed by atoms with E-state index in [1.165, 1.54) is 12.8 Å². The molecule has 0 N–H and O–H groups in total. The molecule has 0 radical (unpaired) electrons. The highest BCUT2D eigenvalue weighted by atomic mass is 16.7. The van der Waals surface area contributed by atoms with Crippen LogP contribution in [-0.4, -0.2) is 24.9 Å². The van der Waals surface area contributed by atoms with Gasteiger partial charge in [0.2, 0.25) is 0 Å². The highest BCUT2D eigenvalue weighted by Gasteiger charge is 2.69. The predicted molar refractivity (Wildman–Crippen MR) is 33.3 cm³/mol.